The Bertz CT molecular complexity index is 509. The molecule has 4 nitrogen and oxygen atoms in total. The van der Waals surface area contributed by atoms with E-state index >= 15 is 0 Å². The van der Waals surface area contributed by atoms with Crippen molar-refractivity contribution in [1.82, 2.24) is 14.8 Å². The van der Waals surface area contributed by atoms with Crippen LogP contribution in [0.2, 0.25) is 0 Å². The van der Waals surface area contributed by atoms with Crippen molar-refractivity contribution >= 4 is 5.96 Å². The number of guanidine groups is 1. The van der Waals surface area contributed by atoms with E-state index in [1.165, 1.54) is 37.8 Å². The smallest absolute Gasteiger partial charge is 0.193 e. The van der Waals surface area contributed by atoms with Gasteiger partial charge >= 0.3 is 0 Å². The van der Waals surface area contributed by atoms with Gasteiger partial charge in [-0.25, -0.2) is 0 Å². The number of hydrogen-bond donors (Lipinski definition) is 1. The lowest BCUT2D eigenvalue weighted by molar-refractivity contribution is 0.105. The normalized spacial score (nSPS) is 21.0. The second kappa shape index (κ2) is 5.74. The number of hydrogen-bond acceptors (Lipinski definition) is 1. The summed E-state index contributed by atoms with van der Waals surface area (Å²) in [5.41, 5.74) is 1.89. The average Bonchev–Trinajstić information content (AvgIpc) is 3.18. The van der Waals surface area contributed by atoms with E-state index in [0.29, 0.717) is 5.41 Å². The van der Waals surface area contributed by atoms with Crippen LogP contribution in [-0.2, 0) is 13.6 Å². The summed E-state index contributed by atoms with van der Waals surface area (Å²) in [6, 6.07) is 4.26. The molecule has 1 aromatic heterocycles. The molecule has 0 bridgehead atoms. The number of nitrogens with zero attached hydrogens (tertiary/aromatic N) is 3. The third-order valence-corrected chi connectivity index (χ3v) is 5.42. The van der Waals surface area contributed by atoms with Crippen molar-refractivity contribution in [2.24, 2.45) is 23.4 Å². The summed E-state index contributed by atoms with van der Waals surface area (Å²) in [5, 5.41) is 3.63. The van der Waals surface area contributed by atoms with E-state index in [9.17, 15) is 0 Å². The molecule has 0 aliphatic heterocycles. The number of rotatable bonds is 5. The van der Waals surface area contributed by atoms with Crippen LogP contribution in [0.1, 0.15) is 37.8 Å². The third-order valence-electron chi connectivity index (χ3n) is 5.42. The Labute approximate surface area is 128 Å². The third kappa shape index (κ3) is 2.94. The summed E-state index contributed by atoms with van der Waals surface area (Å²) in [6.45, 7) is 1.99. The molecule has 0 unspecified atom stereocenters. The van der Waals surface area contributed by atoms with E-state index in [4.69, 9.17) is 0 Å². The van der Waals surface area contributed by atoms with Gasteiger partial charge in [0.15, 0.2) is 5.96 Å². The number of aromatic nitrogens is 1. The summed E-state index contributed by atoms with van der Waals surface area (Å²) >= 11 is 0. The lowest BCUT2D eigenvalue weighted by Crippen LogP contribution is -2.47. The Morgan fingerprint density at radius 1 is 1.48 bits per heavy atom. The van der Waals surface area contributed by atoms with Gasteiger partial charge in [-0.2, -0.15) is 0 Å². The lowest BCUT2D eigenvalue weighted by Gasteiger charge is -2.43. The van der Waals surface area contributed by atoms with Crippen LogP contribution in [-0.4, -0.2) is 36.1 Å². The Morgan fingerprint density at radius 3 is 2.71 bits per heavy atom. The zero-order valence-corrected chi connectivity index (χ0v) is 13.6. The highest BCUT2D eigenvalue weighted by molar-refractivity contribution is 5.79. The summed E-state index contributed by atoms with van der Waals surface area (Å²) in [4.78, 5) is 6.68. The Kier molecular flexibility index (Phi) is 3.96. The molecule has 1 heterocycles. The molecule has 116 valence electrons. The average molecular weight is 288 g/mol. The fraction of sp³-hybridized carbons (Fsp3) is 0.706. The Morgan fingerprint density at radius 2 is 2.24 bits per heavy atom. The summed E-state index contributed by atoms with van der Waals surface area (Å²) < 4.78 is 2.17. The maximum atomic E-state index is 4.46. The van der Waals surface area contributed by atoms with Gasteiger partial charge in [0.2, 0.25) is 0 Å². The van der Waals surface area contributed by atoms with Crippen LogP contribution < -0.4 is 5.32 Å². The van der Waals surface area contributed by atoms with E-state index in [2.05, 4.69) is 52.2 Å². The minimum Gasteiger partial charge on any atom is -0.356 e. The second-order valence-corrected chi connectivity index (χ2v) is 6.86. The second-order valence-electron chi connectivity index (χ2n) is 6.86. The predicted molar refractivity (Wildman–Crippen MR) is 87.2 cm³/mol. The van der Waals surface area contributed by atoms with Crippen molar-refractivity contribution in [3.63, 3.8) is 0 Å². The molecule has 2 fully saturated rings. The number of nitrogens with one attached hydrogen (secondary N) is 1. The monoisotopic (exact) mass is 288 g/mol. The zero-order chi connectivity index (χ0) is 14.9. The molecule has 0 atom stereocenters. The van der Waals surface area contributed by atoms with Gasteiger partial charge in [-0.15, -0.1) is 0 Å². The van der Waals surface area contributed by atoms with E-state index in [-0.39, 0.29) is 0 Å². The van der Waals surface area contributed by atoms with Crippen molar-refractivity contribution < 1.29 is 0 Å². The van der Waals surface area contributed by atoms with Gasteiger partial charge in [-0.3, -0.25) is 4.99 Å². The topological polar surface area (TPSA) is 32.6 Å². The SMILES string of the molecule is CN=C(NCC1(C2CC2)CCC1)N(C)Cc1cccn1C. The summed E-state index contributed by atoms with van der Waals surface area (Å²) in [6.07, 6.45) is 9.21. The minimum atomic E-state index is 0.585. The first-order chi connectivity index (χ1) is 10.1. The van der Waals surface area contributed by atoms with Crippen LogP contribution in [0, 0.1) is 11.3 Å². The lowest BCUT2D eigenvalue weighted by atomic mass is 9.65. The van der Waals surface area contributed by atoms with Crippen LogP contribution in [0.3, 0.4) is 0 Å². The van der Waals surface area contributed by atoms with E-state index in [1.54, 1.807) is 0 Å². The van der Waals surface area contributed by atoms with E-state index in [1.807, 2.05) is 7.05 Å². The summed E-state index contributed by atoms with van der Waals surface area (Å²) in [7, 11) is 6.09. The molecule has 2 aliphatic carbocycles. The molecule has 0 aromatic carbocycles. The molecule has 1 N–H and O–H groups in total. The van der Waals surface area contributed by atoms with Gasteiger partial charge in [0, 0.05) is 39.6 Å². The van der Waals surface area contributed by atoms with Crippen LogP contribution in [0.4, 0.5) is 0 Å². The van der Waals surface area contributed by atoms with Crippen molar-refractivity contribution in [2.75, 3.05) is 20.6 Å². The van der Waals surface area contributed by atoms with E-state index < -0.39 is 0 Å². The van der Waals surface area contributed by atoms with Crippen molar-refractivity contribution in [2.45, 2.75) is 38.6 Å². The number of aryl methyl sites for hydroxylation is 1. The van der Waals surface area contributed by atoms with Gasteiger partial charge in [0.05, 0.1) is 6.54 Å². The molecular weight excluding hydrogens is 260 g/mol. The molecule has 1 aromatic rings. The first kappa shape index (κ1) is 14.5. The van der Waals surface area contributed by atoms with Gasteiger partial charge in [0.1, 0.15) is 0 Å². The molecule has 21 heavy (non-hydrogen) atoms. The molecular formula is C17H28N4. The fourth-order valence-corrected chi connectivity index (χ4v) is 3.67. The highest BCUT2D eigenvalue weighted by Crippen LogP contribution is 2.56. The van der Waals surface area contributed by atoms with Crippen LogP contribution in [0.15, 0.2) is 23.3 Å². The Balaban J connectivity index is 1.56. The molecule has 4 heteroatoms. The van der Waals surface area contributed by atoms with Crippen LogP contribution in [0.5, 0.6) is 0 Å². The maximum Gasteiger partial charge on any atom is 0.193 e. The molecule has 2 aliphatic rings. The maximum absolute atomic E-state index is 4.46. The van der Waals surface area contributed by atoms with Crippen molar-refractivity contribution in [1.29, 1.82) is 0 Å². The number of aliphatic imine (C=N–C) groups is 1. The van der Waals surface area contributed by atoms with Gasteiger partial charge in [-0.05, 0) is 49.1 Å². The Hall–Kier alpha value is -1.45. The molecule has 0 saturated heterocycles. The highest BCUT2D eigenvalue weighted by Gasteiger charge is 2.48. The van der Waals surface area contributed by atoms with Crippen LogP contribution in [0.25, 0.3) is 0 Å². The first-order valence-corrected chi connectivity index (χ1v) is 8.17. The molecule has 3 rings (SSSR count). The van der Waals surface area contributed by atoms with Gasteiger partial charge < -0.3 is 14.8 Å². The fourth-order valence-electron chi connectivity index (χ4n) is 3.67. The summed E-state index contributed by atoms with van der Waals surface area (Å²) in [5.74, 6) is 2.00. The first-order valence-electron chi connectivity index (χ1n) is 8.17. The molecule has 0 radical (unpaired) electrons. The van der Waals surface area contributed by atoms with Crippen molar-refractivity contribution in [3.8, 4) is 0 Å². The molecule has 2 saturated carbocycles. The van der Waals surface area contributed by atoms with E-state index in [0.717, 1.165) is 25.0 Å². The standard InChI is InChI=1S/C17H28N4/c1-18-16(21(3)12-15-6-4-11-20(15)2)19-13-17(9-5-10-17)14-7-8-14/h4,6,11,14H,5,7-10,12-13H2,1-3H3,(H,18,19). The largest absolute Gasteiger partial charge is 0.356 e. The highest BCUT2D eigenvalue weighted by atomic mass is 15.3. The van der Waals surface area contributed by atoms with Crippen LogP contribution >= 0.6 is 0 Å². The van der Waals surface area contributed by atoms with Gasteiger partial charge in [0.25, 0.3) is 0 Å². The minimum absolute atomic E-state index is 0.585. The van der Waals surface area contributed by atoms with Gasteiger partial charge in [-0.1, -0.05) is 6.42 Å². The molecule has 0 amide bonds. The van der Waals surface area contributed by atoms with Crippen molar-refractivity contribution in [3.05, 3.63) is 24.0 Å². The zero-order valence-electron chi connectivity index (χ0n) is 13.6. The quantitative estimate of drug-likeness (QED) is 0.667. The molecule has 0 spiro atoms. The predicted octanol–water partition coefficient (Wildman–Crippen LogP) is 2.61.